The Balaban J connectivity index is 2.56. The van der Waals surface area contributed by atoms with Crippen molar-refractivity contribution in [1.82, 2.24) is 5.32 Å². The molecule has 2 N–H and O–H groups in total. The summed E-state index contributed by atoms with van der Waals surface area (Å²) in [5.74, 6) is -0.0366. The molecule has 0 saturated heterocycles. The van der Waals surface area contributed by atoms with E-state index in [1.54, 1.807) is 0 Å². The van der Waals surface area contributed by atoms with E-state index in [0.717, 1.165) is 18.7 Å². The lowest BCUT2D eigenvalue weighted by molar-refractivity contribution is -0.114. The molecule has 3 heteroatoms. The molecule has 1 aromatic rings. The lowest BCUT2D eigenvalue weighted by Crippen LogP contribution is -2.23. The van der Waals surface area contributed by atoms with Gasteiger partial charge in [0.05, 0.1) is 0 Å². The van der Waals surface area contributed by atoms with Crippen molar-refractivity contribution < 1.29 is 4.79 Å². The van der Waals surface area contributed by atoms with Crippen molar-refractivity contribution >= 4 is 11.6 Å². The molecule has 1 amide bonds. The minimum absolute atomic E-state index is 0.0366. The number of amides is 1. The van der Waals surface area contributed by atoms with Crippen LogP contribution < -0.4 is 10.6 Å². The van der Waals surface area contributed by atoms with Gasteiger partial charge in [-0.3, -0.25) is 4.79 Å². The number of rotatable bonds is 5. The van der Waals surface area contributed by atoms with Crippen LogP contribution in [0.15, 0.2) is 24.3 Å². The van der Waals surface area contributed by atoms with Gasteiger partial charge in [-0.05, 0) is 43.0 Å². The van der Waals surface area contributed by atoms with Crippen LogP contribution in [0.2, 0.25) is 0 Å². The van der Waals surface area contributed by atoms with Crippen LogP contribution in [0.25, 0.3) is 0 Å². The van der Waals surface area contributed by atoms with Gasteiger partial charge < -0.3 is 10.6 Å². The predicted octanol–water partition coefficient (Wildman–Crippen LogP) is 3.73. The number of benzene rings is 1. The lowest BCUT2D eigenvalue weighted by Gasteiger charge is -2.21. The van der Waals surface area contributed by atoms with Crippen LogP contribution in [0.5, 0.6) is 0 Å². The van der Waals surface area contributed by atoms with Gasteiger partial charge in [-0.1, -0.05) is 32.9 Å². The van der Waals surface area contributed by atoms with Crippen molar-refractivity contribution in [2.45, 2.75) is 47.1 Å². The molecule has 1 rings (SSSR count). The fourth-order valence-electron chi connectivity index (χ4n) is 1.87. The van der Waals surface area contributed by atoms with Crippen molar-refractivity contribution in [3.63, 3.8) is 0 Å². The van der Waals surface area contributed by atoms with Gasteiger partial charge in [-0.25, -0.2) is 0 Å². The van der Waals surface area contributed by atoms with Gasteiger partial charge in [0.1, 0.15) is 0 Å². The highest BCUT2D eigenvalue weighted by Crippen LogP contribution is 2.20. The maximum atomic E-state index is 11.0. The first kappa shape index (κ1) is 15.7. The second-order valence-electron chi connectivity index (χ2n) is 6.29. The van der Waals surface area contributed by atoms with Crippen LogP contribution in [0.1, 0.15) is 52.6 Å². The van der Waals surface area contributed by atoms with Crippen LogP contribution >= 0.6 is 0 Å². The number of nitrogens with one attached hydrogen (secondary N) is 2. The first-order valence-electron chi connectivity index (χ1n) is 6.89. The Kier molecular flexibility index (Phi) is 5.55. The summed E-state index contributed by atoms with van der Waals surface area (Å²) < 4.78 is 0. The van der Waals surface area contributed by atoms with Crippen molar-refractivity contribution in [2.24, 2.45) is 5.41 Å². The van der Waals surface area contributed by atoms with Crippen molar-refractivity contribution in [2.75, 3.05) is 11.9 Å². The summed E-state index contributed by atoms with van der Waals surface area (Å²) in [6.45, 7) is 11.4. The molecule has 0 saturated carbocycles. The first-order chi connectivity index (χ1) is 8.78. The van der Waals surface area contributed by atoms with Crippen LogP contribution in [-0.4, -0.2) is 12.5 Å². The van der Waals surface area contributed by atoms with E-state index in [9.17, 15) is 4.79 Å². The highest BCUT2D eigenvalue weighted by molar-refractivity contribution is 5.88. The van der Waals surface area contributed by atoms with Gasteiger partial charge in [0.25, 0.3) is 0 Å². The second kappa shape index (κ2) is 6.71. The Hall–Kier alpha value is -1.35. The molecule has 0 aromatic heterocycles. The zero-order valence-electron chi connectivity index (χ0n) is 12.7. The molecule has 0 radical (unpaired) electrons. The third kappa shape index (κ3) is 6.39. The van der Waals surface area contributed by atoms with Crippen LogP contribution in [0.3, 0.4) is 0 Å². The van der Waals surface area contributed by atoms with E-state index < -0.39 is 0 Å². The smallest absolute Gasteiger partial charge is 0.221 e. The minimum Gasteiger partial charge on any atom is -0.326 e. The SMILES string of the molecule is CC(=O)Nc1cccc(C(C)NCCC(C)(C)C)c1. The summed E-state index contributed by atoms with van der Waals surface area (Å²) in [6, 6.07) is 8.28. The quantitative estimate of drug-likeness (QED) is 0.849. The van der Waals surface area contributed by atoms with Crippen molar-refractivity contribution in [3.8, 4) is 0 Å². The average Bonchev–Trinajstić information content (AvgIpc) is 2.26. The fourth-order valence-corrected chi connectivity index (χ4v) is 1.87. The molecule has 0 aliphatic carbocycles. The average molecular weight is 262 g/mol. The van der Waals surface area contributed by atoms with Gasteiger partial charge in [0, 0.05) is 18.7 Å². The molecule has 0 heterocycles. The summed E-state index contributed by atoms with van der Waals surface area (Å²) in [6.07, 6.45) is 1.14. The molecule has 19 heavy (non-hydrogen) atoms. The van der Waals surface area contributed by atoms with Crippen LogP contribution in [0, 0.1) is 5.41 Å². The molecule has 0 aliphatic heterocycles. The fraction of sp³-hybridized carbons (Fsp3) is 0.562. The Morgan fingerprint density at radius 3 is 2.58 bits per heavy atom. The summed E-state index contributed by atoms with van der Waals surface area (Å²) in [5.41, 5.74) is 2.40. The molecular formula is C16H26N2O. The molecule has 0 bridgehead atoms. The largest absolute Gasteiger partial charge is 0.326 e. The second-order valence-corrected chi connectivity index (χ2v) is 6.29. The number of hydrogen-bond donors (Lipinski definition) is 2. The summed E-state index contributed by atoms with van der Waals surface area (Å²) >= 11 is 0. The summed E-state index contributed by atoms with van der Waals surface area (Å²) in [7, 11) is 0. The van der Waals surface area contributed by atoms with E-state index in [-0.39, 0.29) is 11.9 Å². The number of anilines is 1. The summed E-state index contributed by atoms with van der Waals surface area (Å²) in [4.78, 5) is 11.0. The first-order valence-corrected chi connectivity index (χ1v) is 6.89. The molecule has 1 atom stereocenters. The van der Waals surface area contributed by atoms with Gasteiger partial charge in [-0.2, -0.15) is 0 Å². The van der Waals surface area contributed by atoms with E-state index >= 15 is 0 Å². The molecule has 1 aromatic carbocycles. The number of carbonyl (C=O) groups is 1. The Morgan fingerprint density at radius 2 is 2.00 bits per heavy atom. The van der Waals surface area contributed by atoms with Gasteiger partial charge in [-0.15, -0.1) is 0 Å². The van der Waals surface area contributed by atoms with Crippen molar-refractivity contribution in [1.29, 1.82) is 0 Å². The number of carbonyl (C=O) groups excluding carboxylic acids is 1. The molecule has 3 nitrogen and oxygen atoms in total. The third-order valence-electron chi connectivity index (χ3n) is 3.03. The molecule has 1 unspecified atom stereocenters. The van der Waals surface area contributed by atoms with Gasteiger partial charge in [0.15, 0.2) is 0 Å². The molecule has 0 fully saturated rings. The van der Waals surface area contributed by atoms with E-state index in [1.807, 2.05) is 18.2 Å². The van der Waals surface area contributed by atoms with E-state index in [4.69, 9.17) is 0 Å². The lowest BCUT2D eigenvalue weighted by atomic mass is 9.92. The zero-order valence-corrected chi connectivity index (χ0v) is 12.7. The van der Waals surface area contributed by atoms with Crippen molar-refractivity contribution in [3.05, 3.63) is 29.8 Å². The maximum absolute atomic E-state index is 11.0. The molecular weight excluding hydrogens is 236 g/mol. The summed E-state index contributed by atoms with van der Waals surface area (Å²) in [5, 5.41) is 6.34. The minimum atomic E-state index is -0.0366. The Morgan fingerprint density at radius 1 is 1.32 bits per heavy atom. The topological polar surface area (TPSA) is 41.1 Å². The Bertz CT molecular complexity index is 421. The highest BCUT2D eigenvalue weighted by atomic mass is 16.1. The zero-order chi connectivity index (χ0) is 14.5. The molecule has 106 valence electrons. The van der Waals surface area contributed by atoms with Gasteiger partial charge >= 0.3 is 0 Å². The van der Waals surface area contributed by atoms with E-state index in [2.05, 4.69) is 44.4 Å². The molecule has 0 aliphatic rings. The van der Waals surface area contributed by atoms with Crippen LogP contribution in [-0.2, 0) is 4.79 Å². The van der Waals surface area contributed by atoms with E-state index in [1.165, 1.54) is 12.5 Å². The van der Waals surface area contributed by atoms with E-state index in [0.29, 0.717) is 5.41 Å². The third-order valence-corrected chi connectivity index (χ3v) is 3.03. The van der Waals surface area contributed by atoms with Crippen LogP contribution in [0.4, 0.5) is 5.69 Å². The monoisotopic (exact) mass is 262 g/mol. The maximum Gasteiger partial charge on any atom is 0.221 e. The normalized spacial score (nSPS) is 13.1. The highest BCUT2D eigenvalue weighted by Gasteiger charge is 2.11. The van der Waals surface area contributed by atoms with Gasteiger partial charge in [0.2, 0.25) is 5.91 Å². The molecule has 0 spiro atoms. The standard InChI is InChI=1S/C16H26N2O/c1-12(17-10-9-16(3,4)5)14-7-6-8-15(11-14)18-13(2)19/h6-8,11-12,17H,9-10H2,1-5H3,(H,18,19). The Labute approximate surface area is 116 Å². The number of hydrogen-bond acceptors (Lipinski definition) is 2. The predicted molar refractivity (Wildman–Crippen MR) is 81.2 cm³/mol.